The van der Waals surface area contributed by atoms with E-state index in [0.29, 0.717) is 5.75 Å². The Bertz CT molecular complexity index is 672. The summed E-state index contributed by atoms with van der Waals surface area (Å²) in [4.78, 5) is 0. The third kappa shape index (κ3) is 2.85. The molecule has 1 N–H and O–H groups in total. The summed E-state index contributed by atoms with van der Waals surface area (Å²) in [6.07, 6.45) is -5.06. The van der Waals surface area contributed by atoms with Crippen LogP contribution in [0, 0.1) is 0 Å². The van der Waals surface area contributed by atoms with Crippen LogP contribution in [-0.4, -0.2) is 6.54 Å². The number of ether oxygens (including phenoxy) is 1. The van der Waals surface area contributed by atoms with Crippen LogP contribution in [0.15, 0.2) is 46.9 Å². The van der Waals surface area contributed by atoms with Gasteiger partial charge in [0.15, 0.2) is 0 Å². The van der Waals surface area contributed by atoms with Crippen LogP contribution >= 0.6 is 15.9 Å². The summed E-state index contributed by atoms with van der Waals surface area (Å²) in [5.74, 6) is 0.548. The second-order valence-corrected chi connectivity index (χ2v) is 5.63. The molecule has 110 valence electrons. The van der Waals surface area contributed by atoms with E-state index in [9.17, 15) is 13.2 Å². The number of alkyl halides is 3. The largest absolute Gasteiger partial charge is 0.482 e. The number of nitrogens with one attached hydrogen (secondary N) is 1. The first-order valence-corrected chi connectivity index (χ1v) is 7.10. The second kappa shape index (κ2) is 5.26. The van der Waals surface area contributed by atoms with Crippen LogP contribution in [0.1, 0.15) is 17.2 Å². The van der Waals surface area contributed by atoms with E-state index >= 15 is 0 Å². The van der Waals surface area contributed by atoms with E-state index in [1.807, 2.05) is 6.07 Å². The molecule has 1 aliphatic heterocycles. The molecule has 0 saturated carbocycles. The predicted molar refractivity (Wildman–Crippen MR) is 77.4 cm³/mol. The number of halogens is 4. The van der Waals surface area contributed by atoms with Gasteiger partial charge in [-0.05, 0) is 24.3 Å². The summed E-state index contributed by atoms with van der Waals surface area (Å²) >= 11 is 3.34. The maximum absolute atomic E-state index is 13.1. The van der Waals surface area contributed by atoms with Crippen LogP contribution in [0.4, 0.5) is 18.9 Å². The quantitative estimate of drug-likeness (QED) is 0.774. The van der Waals surface area contributed by atoms with Crippen LogP contribution in [0.3, 0.4) is 0 Å². The lowest BCUT2D eigenvalue weighted by atomic mass is 10.0. The lowest BCUT2D eigenvalue weighted by Crippen LogP contribution is -2.26. The Balaban J connectivity index is 1.95. The average molecular weight is 358 g/mol. The first-order chi connectivity index (χ1) is 9.95. The van der Waals surface area contributed by atoms with E-state index in [2.05, 4.69) is 21.2 Å². The SMILES string of the molecule is FC(F)(F)c1ccccc1C1CNc2cc(Br)ccc2O1. The first kappa shape index (κ1) is 14.3. The Morgan fingerprint density at radius 2 is 1.90 bits per heavy atom. The molecule has 1 aliphatic rings. The summed E-state index contributed by atoms with van der Waals surface area (Å²) < 4.78 is 45.8. The molecule has 1 unspecified atom stereocenters. The fourth-order valence-electron chi connectivity index (χ4n) is 2.35. The van der Waals surface area contributed by atoms with Crippen LogP contribution in [0.5, 0.6) is 5.75 Å². The molecule has 2 nitrogen and oxygen atoms in total. The third-order valence-corrected chi connectivity index (χ3v) is 3.80. The summed E-state index contributed by atoms with van der Waals surface area (Å²) in [6.45, 7) is 0.288. The van der Waals surface area contributed by atoms with Gasteiger partial charge >= 0.3 is 6.18 Å². The highest BCUT2D eigenvalue weighted by Gasteiger charge is 2.36. The molecule has 0 aromatic heterocycles. The minimum absolute atomic E-state index is 0.145. The number of fused-ring (bicyclic) bond motifs is 1. The maximum Gasteiger partial charge on any atom is 0.416 e. The highest BCUT2D eigenvalue weighted by atomic mass is 79.9. The second-order valence-electron chi connectivity index (χ2n) is 4.71. The molecule has 2 aromatic rings. The van der Waals surface area contributed by atoms with E-state index in [1.165, 1.54) is 12.1 Å². The van der Waals surface area contributed by atoms with Crippen molar-refractivity contribution in [2.45, 2.75) is 12.3 Å². The van der Waals surface area contributed by atoms with E-state index in [1.54, 1.807) is 18.2 Å². The van der Waals surface area contributed by atoms with Crippen molar-refractivity contribution >= 4 is 21.6 Å². The number of hydrogen-bond acceptors (Lipinski definition) is 2. The van der Waals surface area contributed by atoms with Crippen LogP contribution in [-0.2, 0) is 6.18 Å². The van der Waals surface area contributed by atoms with Gasteiger partial charge in [-0.1, -0.05) is 34.1 Å². The van der Waals surface area contributed by atoms with Gasteiger partial charge in [0.25, 0.3) is 0 Å². The monoisotopic (exact) mass is 357 g/mol. The molecule has 0 radical (unpaired) electrons. The molecule has 1 heterocycles. The van der Waals surface area contributed by atoms with E-state index in [4.69, 9.17) is 4.74 Å². The van der Waals surface area contributed by atoms with Gasteiger partial charge in [0.2, 0.25) is 0 Å². The minimum Gasteiger partial charge on any atom is -0.482 e. The van der Waals surface area contributed by atoms with Gasteiger partial charge in [-0.25, -0.2) is 0 Å². The summed E-state index contributed by atoms with van der Waals surface area (Å²) in [7, 11) is 0. The van der Waals surface area contributed by atoms with Gasteiger partial charge in [-0.3, -0.25) is 0 Å². The zero-order chi connectivity index (χ0) is 15.0. The molecule has 0 amide bonds. The fraction of sp³-hybridized carbons (Fsp3) is 0.200. The lowest BCUT2D eigenvalue weighted by molar-refractivity contribution is -0.139. The number of hydrogen-bond donors (Lipinski definition) is 1. The van der Waals surface area contributed by atoms with Gasteiger partial charge in [-0.2, -0.15) is 13.2 Å². The highest BCUT2D eigenvalue weighted by Crippen LogP contribution is 2.40. The predicted octanol–water partition coefficient (Wildman–Crippen LogP) is 5.01. The summed E-state index contributed by atoms with van der Waals surface area (Å²) in [5.41, 5.74) is 0.258. The van der Waals surface area contributed by atoms with Gasteiger partial charge in [0.1, 0.15) is 11.9 Å². The molecule has 0 spiro atoms. The highest BCUT2D eigenvalue weighted by molar-refractivity contribution is 9.10. The summed E-state index contributed by atoms with van der Waals surface area (Å²) in [6, 6.07) is 10.9. The number of benzene rings is 2. The molecular formula is C15H11BrF3NO. The van der Waals surface area contributed by atoms with Crippen molar-refractivity contribution in [3.8, 4) is 5.75 Å². The van der Waals surface area contributed by atoms with Crippen LogP contribution in [0.25, 0.3) is 0 Å². The number of rotatable bonds is 1. The van der Waals surface area contributed by atoms with Gasteiger partial charge in [0.05, 0.1) is 17.8 Å². The molecule has 6 heteroatoms. The Kier molecular flexibility index (Phi) is 3.57. The van der Waals surface area contributed by atoms with E-state index < -0.39 is 17.8 Å². The first-order valence-electron chi connectivity index (χ1n) is 6.31. The zero-order valence-corrected chi connectivity index (χ0v) is 12.3. The zero-order valence-electron chi connectivity index (χ0n) is 10.7. The Labute approximate surface area is 128 Å². The van der Waals surface area contributed by atoms with Crippen LogP contribution < -0.4 is 10.1 Å². The molecule has 0 aliphatic carbocycles. The molecule has 0 fully saturated rings. The maximum atomic E-state index is 13.1. The topological polar surface area (TPSA) is 21.3 Å². The van der Waals surface area contributed by atoms with Crippen molar-refractivity contribution in [1.82, 2.24) is 0 Å². The van der Waals surface area contributed by atoms with Gasteiger partial charge in [-0.15, -0.1) is 0 Å². The smallest absolute Gasteiger partial charge is 0.416 e. The van der Waals surface area contributed by atoms with Crippen LogP contribution in [0.2, 0.25) is 0 Å². The van der Waals surface area contributed by atoms with Crippen molar-refractivity contribution < 1.29 is 17.9 Å². The van der Waals surface area contributed by atoms with Gasteiger partial charge < -0.3 is 10.1 Å². The van der Waals surface area contributed by atoms with Crippen molar-refractivity contribution in [3.05, 3.63) is 58.1 Å². The standard InChI is InChI=1S/C15H11BrF3NO/c16-9-5-6-13-12(7-9)20-8-14(21-13)10-3-1-2-4-11(10)15(17,18)19/h1-7,14,20H,8H2. The Morgan fingerprint density at radius 1 is 1.14 bits per heavy atom. The third-order valence-electron chi connectivity index (χ3n) is 3.30. The average Bonchev–Trinajstić information content (AvgIpc) is 2.46. The minimum atomic E-state index is -4.39. The normalized spacial score (nSPS) is 17.6. The summed E-state index contributed by atoms with van der Waals surface area (Å²) in [5, 5.41) is 3.11. The van der Waals surface area contributed by atoms with E-state index in [-0.39, 0.29) is 12.1 Å². The Morgan fingerprint density at radius 3 is 2.67 bits per heavy atom. The fourth-order valence-corrected chi connectivity index (χ4v) is 2.71. The lowest BCUT2D eigenvalue weighted by Gasteiger charge is -2.29. The molecule has 0 bridgehead atoms. The molecular weight excluding hydrogens is 347 g/mol. The molecule has 2 aromatic carbocycles. The van der Waals surface area contributed by atoms with Gasteiger partial charge in [0, 0.05) is 10.0 Å². The Hall–Kier alpha value is -1.69. The number of anilines is 1. The molecule has 21 heavy (non-hydrogen) atoms. The molecule has 3 rings (SSSR count). The van der Waals surface area contributed by atoms with Crippen molar-refractivity contribution in [3.63, 3.8) is 0 Å². The molecule has 1 atom stereocenters. The van der Waals surface area contributed by atoms with Crippen molar-refractivity contribution in [2.75, 3.05) is 11.9 Å². The molecule has 0 saturated heterocycles. The van der Waals surface area contributed by atoms with E-state index in [0.717, 1.165) is 16.2 Å². The van der Waals surface area contributed by atoms with Crippen molar-refractivity contribution in [1.29, 1.82) is 0 Å². The van der Waals surface area contributed by atoms with Crippen molar-refractivity contribution in [2.24, 2.45) is 0 Å².